The quantitative estimate of drug-likeness (QED) is 0.698. The van der Waals surface area contributed by atoms with Gasteiger partial charge in [-0.15, -0.1) is 0 Å². The molecule has 2 aliphatic rings. The number of benzene rings is 2. The first-order valence-electron chi connectivity index (χ1n) is 9.43. The molecule has 2 aliphatic heterocycles. The molecule has 0 N–H and O–H groups in total. The van der Waals surface area contributed by atoms with Crippen molar-refractivity contribution < 1.29 is 22.7 Å². The summed E-state index contributed by atoms with van der Waals surface area (Å²) in [5.74, 6) is 1.31. The maximum Gasteiger partial charge on any atom is 0.252 e. The number of fused-ring (bicyclic) bond motifs is 1. The normalized spacial score (nSPS) is 23.4. The molecule has 7 nitrogen and oxygen atoms in total. The molecular weight excluding hydrogens is 424 g/mol. The molecule has 0 spiro atoms. The maximum absolute atomic E-state index is 12.7. The summed E-state index contributed by atoms with van der Waals surface area (Å²) in [6.07, 6.45) is 0.165. The van der Waals surface area contributed by atoms with Gasteiger partial charge in [-0.1, -0.05) is 23.9 Å². The van der Waals surface area contributed by atoms with E-state index >= 15 is 0 Å². The molecule has 2 aromatic carbocycles. The summed E-state index contributed by atoms with van der Waals surface area (Å²) >= 11 is 1.37. The van der Waals surface area contributed by atoms with Crippen LogP contribution in [0.3, 0.4) is 0 Å². The van der Waals surface area contributed by atoms with E-state index in [1.807, 2.05) is 41.3 Å². The highest BCUT2D eigenvalue weighted by atomic mass is 32.2. The van der Waals surface area contributed by atoms with Gasteiger partial charge >= 0.3 is 0 Å². The first-order chi connectivity index (χ1) is 14.4. The lowest BCUT2D eigenvalue weighted by Crippen LogP contribution is -2.37. The second kappa shape index (κ2) is 8.31. The number of anilines is 1. The molecule has 30 heavy (non-hydrogen) atoms. The number of thioether (sulfide) groups is 1. The molecule has 4 rings (SSSR count). The lowest BCUT2D eigenvalue weighted by Gasteiger charge is -2.24. The van der Waals surface area contributed by atoms with Gasteiger partial charge in [0.25, 0.3) is 5.91 Å². The third kappa shape index (κ3) is 4.32. The zero-order valence-corrected chi connectivity index (χ0v) is 18.3. The zero-order chi connectivity index (χ0) is 21.3. The molecule has 1 amide bonds. The van der Waals surface area contributed by atoms with Crippen molar-refractivity contribution in [3.05, 3.63) is 54.1 Å². The van der Waals surface area contributed by atoms with E-state index in [0.29, 0.717) is 10.9 Å². The van der Waals surface area contributed by atoms with Gasteiger partial charge in [-0.2, -0.15) is 4.99 Å². The van der Waals surface area contributed by atoms with E-state index in [9.17, 15) is 13.2 Å². The van der Waals surface area contributed by atoms with E-state index in [1.165, 1.54) is 11.8 Å². The number of ether oxygens (including phenoxy) is 2. The Bertz CT molecular complexity index is 1070. The number of carbonyl (C=O) groups is 1. The molecule has 2 fully saturated rings. The monoisotopic (exact) mass is 446 g/mol. The fourth-order valence-electron chi connectivity index (χ4n) is 3.67. The van der Waals surface area contributed by atoms with E-state index in [4.69, 9.17) is 9.47 Å². The number of methoxy groups -OCH3 is 2. The first-order valence-corrected chi connectivity index (χ1v) is 12.1. The van der Waals surface area contributed by atoms with Gasteiger partial charge < -0.3 is 14.4 Å². The summed E-state index contributed by atoms with van der Waals surface area (Å²) in [6.45, 7) is 0. The molecule has 2 heterocycles. The van der Waals surface area contributed by atoms with E-state index in [1.54, 1.807) is 26.4 Å². The van der Waals surface area contributed by atoms with Crippen LogP contribution < -0.4 is 14.4 Å². The van der Waals surface area contributed by atoms with Crippen molar-refractivity contribution in [2.75, 3.05) is 30.6 Å². The number of sulfone groups is 1. The number of aliphatic imine (C=N–C) groups is 1. The van der Waals surface area contributed by atoms with Crippen LogP contribution >= 0.6 is 11.8 Å². The van der Waals surface area contributed by atoms with Gasteiger partial charge in [-0.25, -0.2) is 8.42 Å². The molecule has 158 valence electrons. The second-order valence-corrected chi connectivity index (χ2v) is 10.5. The lowest BCUT2D eigenvalue weighted by molar-refractivity contribution is -0.117. The molecule has 0 radical (unpaired) electrons. The number of hydrogen-bond acceptors (Lipinski definition) is 6. The third-order valence-corrected chi connectivity index (χ3v) is 8.36. The van der Waals surface area contributed by atoms with E-state index in [-0.39, 0.29) is 35.1 Å². The molecule has 2 saturated heterocycles. The highest BCUT2D eigenvalue weighted by molar-refractivity contribution is 8.16. The fourth-order valence-corrected chi connectivity index (χ4v) is 7.60. The van der Waals surface area contributed by atoms with Gasteiger partial charge in [0.2, 0.25) is 0 Å². The van der Waals surface area contributed by atoms with Crippen molar-refractivity contribution >= 4 is 38.4 Å². The van der Waals surface area contributed by atoms with Gasteiger partial charge in [0.15, 0.2) is 15.0 Å². The van der Waals surface area contributed by atoms with Crippen LogP contribution in [0.15, 0.2) is 53.5 Å². The number of nitrogens with zero attached hydrogens (tertiary/aromatic N) is 2. The number of amidine groups is 1. The Morgan fingerprint density at radius 1 is 1.03 bits per heavy atom. The van der Waals surface area contributed by atoms with Crippen LogP contribution in [0.1, 0.15) is 5.56 Å². The Morgan fingerprint density at radius 2 is 1.63 bits per heavy atom. The van der Waals surface area contributed by atoms with Crippen molar-refractivity contribution in [2.24, 2.45) is 4.99 Å². The van der Waals surface area contributed by atoms with Crippen molar-refractivity contribution in [1.29, 1.82) is 0 Å². The van der Waals surface area contributed by atoms with Gasteiger partial charge in [-0.3, -0.25) is 4.79 Å². The number of amides is 1. The average molecular weight is 447 g/mol. The summed E-state index contributed by atoms with van der Waals surface area (Å²) in [7, 11) is 0.0745. The number of hydrogen-bond donors (Lipinski definition) is 0. The van der Waals surface area contributed by atoms with E-state index in [0.717, 1.165) is 17.0 Å². The Hall–Kier alpha value is -2.52. The molecule has 9 heteroatoms. The standard InChI is InChI=1S/C21H22N2O5S2/c1-27-16-7-3-14(4-8-16)11-20(24)22-21-23(15-5-9-17(28-2)10-6-15)18-12-30(25,26)13-19(18)29-21/h3-10,18-19H,11-13H2,1-2H3/t18-,19-/m1/s1. The van der Waals surface area contributed by atoms with Crippen LogP contribution in [-0.2, 0) is 21.1 Å². The van der Waals surface area contributed by atoms with Crippen molar-refractivity contribution in [3.63, 3.8) is 0 Å². The highest BCUT2D eigenvalue weighted by Crippen LogP contribution is 2.41. The fraction of sp³-hybridized carbons (Fsp3) is 0.333. The molecular formula is C21H22N2O5S2. The summed E-state index contributed by atoms with van der Waals surface area (Å²) in [5.41, 5.74) is 1.64. The van der Waals surface area contributed by atoms with Crippen molar-refractivity contribution in [1.82, 2.24) is 0 Å². The van der Waals surface area contributed by atoms with E-state index < -0.39 is 9.84 Å². The molecule has 0 unspecified atom stereocenters. The van der Waals surface area contributed by atoms with Crippen LogP contribution in [-0.4, -0.2) is 56.5 Å². The molecule has 2 atom stereocenters. The lowest BCUT2D eigenvalue weighted by atomic mass is 10.1. The van der Waals surface area contributed by atoms with Gasteiger partial charge in [0, 0.05) is 10.9 Å². The smallest absolute Gasteiger partial charge is 0.252 e. The van der Waals surface area contributed by atoms with Crippen LogP contribution in [0, 0.1) is 0 Å². The predicted octanol–water partition coefficient (Wildman–Crippen LogP) is 2.55. The summed E-state index contributed by atoms with van der Waals surface area (Å²) < 4.78 is 34.7. The Morgan fingerprint density at radius 3 is 2.23 bits per heavy atom. The molecule has 0 aliphatic carbocycles. The minimum Gasteiger partial charge on any atom is -0.497 e. The van der Waals surface area contributed by atoms with E-state index in [2.05, 4.69) is 4.99 Å². The zero-order valence-electron chi connectivity index (χ0n) is 16.6. The summed E-state index contributed by atoms with van der Waals surface area (Å²) in [5, 5.41) is 0.410. The van der Waals surface area contributed by atoms with Crippen molar-refractivity contribution in [2.45, 2.75) is 17.7 Å². The van der Waals surface area contributed by atoms with Crippen LogP contribution in [0.5, 0.6) is 11.5 Å². The number of rotatable bonds is 5. The number of carbonyl (C=O) groups excluding carboxylic acids is 1. The van der Waals surface area contributed by atoms with Crippen LogP contribution in [0.25, 0.3) is 0 Å². The Kier molecular flexibility index (Phi) is 5.75. The van der Waals surface area contributed by atoms with Gasteiger partial charge in [0.05, 0.1) is 38.2 Å². The minimum absolute atomic E-state index is 0.0579. The summed E-state index contributed by atoms with van der Waals surface area (Å²) in [6, 6.07) is 14.4. The van der Waals surface area contributed by atoms with Crippen molar-refractivity contribution in [3.8, 4) is 11.5 Å². The summed E-state index contributed by atoms with van der Waals surface area (Å²) in [4.78, 5) is 18.9. The van der Waals surface area contributed by atoms with Gasteiger partial charge in [-0.05, 0) is 42.0 Å². The molecule has 0 aromatic heterocycles. The van der Waals surface area contributed by atoms with Gasteiger partial charge in [0.1, 0.15) is 11.5 Å². The average Bonchev–Trinajstić information content (AvgIpc) is 3.19. The Balaban J connectivity index is 1.60. The van der Waals surface area contributed by atoms with Crippen LogP contribution in [0.2, 0.25) is 0 Å². The van der Waals surface area contributed by atoms with Crippen LogP contribution in [0.4, 0.5) is 5.69 Å². The highest BCUT2D eigenvalue weighted by Gasteiger charge is 2.49. The predicted molar refractivity (Wildman–Crippen MR) is 118 cm³/mol. The molecule has 2 aromatic rings. The second-order valence-electron chi connectivity index (χ2n) is 7.18. The Labute approximate surface area is 180 Å². The third-order valence-electron chi connectivity index (χ3n) is 5.15. The molecule has 0 saturated carbocycles. The SMILES string of the molecule is COc1ccc(CC(=O)N=C2S[C@@H]3CS(=O)(=O)C[C@H]3N2c2ccc(OC)cc2)cc1. The minimum atomic E-state index is -3.11. The largest absolute Gasteiger partial charge is 0.497 e. The first kappa shape index (κ1) is 20.7. The topological polar surface area (TPSA) is 85.3 Å². The molecule has 0 bridgehead atoms. The maximum atomic E-state index is 12.7.